The molecule has 2 aliphatic heterocycles. The highest BCUT2D eigenvalue weighted by atomic mass is 35.5. The van der Waals surface area contributed by atoms with Gasteiger partial charge < -0.3 is 15.4 Å². The topological polar surface area (TPSA) is 55.6 Å². The van der Waals surface area contributed by atoms with Crippen LogP contribution in [0.1, 0.15) is 33.1 Å². The first-order valence-corrected chi connectivity index (χ1v) is 6.62. The van der Waals surface area contributed by atoms with E-state index in [-0.39, 0.29) is 29.8 Å². The van der Waals surface area contributed by atoms with Gasteiger partial charge in [0.2, 0.25) is 5.91 Å². The molecule has 2 saturated heterocycles. The van der Waals surface area contributed by atoms with Crippen LogP contribution in [-0.4, -0.2) is 43.2 Å². The number of carbonyl (C=O) groups is 1. The summed E-state index contributed by atoms with van der Waals surface area (Å²) in [5.41, 5.74) is 6.37. The number of rotatable bonds is 2. The second kappa shape index (κ2) is 6.22. The molecule has 2 fully saturated rings. The maximum atomic E-state index is 12.3. The minimum atomic E-state index is -0.326. The van der Waals surface area contributed by atoms with Crippen molar-refractivity contribution in [1.82, 2.24) is 4.90 Å². The van der Waals surface area contributed by atoms with Crippen LogP contribution in [0.2, 0.25) is 0 Å². The van der Waals surface area contributed by atoms with Gasteiger partial charge in [0, 0.05) is 26.3 Å². The Morgan fingerprint density at radius 2 is 2.00 bits per heavy atom. The Hall–Kier alpha value is -0.320. The molecular formula is C13H25ClN2O2. The summed E-state index contributed by atoms with van der Waals surface area (Å²) >= 11 is 0. The lowest BCUT2D eigenvalue weighted by atomic mass is 9.91. The van der Waals surface area contributed by atoms with Crippen molar-refractivity contribution in [2.24, 2.45) is 17.1 Å². The third-order valence-electron chi connectivity index (χ3n) is 4.05. The lowest BCUT2D eigenvalue weighted by Crippen LogP contribution is -2.48. The lowest BCUT2D eigenvalue weighted by molar-refractivity contribution is -0.134. The smallest absolute Gasteiger partial charge is 0.239 e. The number of ether oxygens (including phenoxy) is 1. The average Bonchev–Trinajstić information content (AvgIpc) is 2.69. The fourth-order valence-corrected chi connectivity index (χ4v) is 2.79. The van der Waals surface area contributed by atoms with E-state index < -0.39 is 0 Å². The molecule has 2 aliphatic rings. The highest BCUT2D eigenvalue weighted by molar-refractivity contribution is 5.85. The van der Waals surface area contributed by atoms with Crippen LogP contribution in [-0.2, 0) is 9.53 Å². The van der Waals surface area contributed by atoms with Crippen molar-refractivity contribution >= 4 is 18.3 Å². The maximum Gasteiger partial charge on any atom is 0.239 e. The normalized spacial score (nSPS) is 25.6. The van der Waals surface area contributed by atoms with Gasteiger partial charge in [-0.1, -0.05) is 13.8 Å². The fraction of sp³-hybridized carbons (Fsp3) is 0.923. The van der Waals surface area contributed by atoms with E-state index in [0.29, 0.717) is 5.92 Å². The van der Waals surface area contributed by atoms with Gasteiger partial charge in [0.05, 0.1) is 6.04 Å². The first-order valence-electron chi connectivity index (χ1n) is 6.62. The zero-order chi connectivity index (χ0) is 12.5. The molecule has 5 heteroatoms. The number of hydrogen-bond donors (Lipinski definition) is 1. The summed E-state index contributed by atoms with van der Waals surface area (Å²) in [7, 11) is 0. The number of nitrogens with zero attached hydrogens (tertiary/aromatic N) is 1. The number of likely N-dealkylation sites (tertiary alicyclic amines) is 1. The molecule has 0 radical (unpaired) electrons. The first-order chi connectivity index (χ1) is 7.99. The number of amides is 1. The zero-order valence-electron chi connectivity index (χ0n) is 11.4. The summed E-state index contributed by atoms with van der Waals surface area (Å²) in [6.07, 6.45) is 2.92. The minimum absolute atomic E-state index is 0. The molecule has 2 N–H and O–H groups in total. The molecule has 0 aliphatic carbocycles. The van der Waals surface area contributed by atoms with Crippen LogP contribution >= 0.6 is 12.4 Å². The molecule has 1 atom stereocenters. The van der Waals surface area contributed by atoms with Crippen LogP contribution in [0.15, 0.2) is 0 Å². The second-order valence-electron chi connectivity index (χ2n) is 6.15. The standard InChI is InChI=1S/C13H24N2O2.ClH/c1-13(2)5-6-15(9-13)12(16)11(14)10-3-7-17-8-4-10;/h10-11H,3-9,14H2,1-2H3;1H. The van der Waals surface area contributed by atoms with E-state index in [0.717, 1.165) is 45.6 Å². The molecule has 0 saturated carbocycles. The largest absolute Gasteiger partial charge is 0.381 e. The molecule has 2 rings (SSSR count). The van der Waals surface area contributed by atoms with E-state index in [1.165, 1.54) is 0 Å². The predicted octanol–water partition coefficient (Wildman–Crippen LogP) is 1.42. The van der Waals surface area contributed by atoms with Crippen LogP contribution in [0, 0.1) is 11.3 Å². The molecule has 0 spiro atoms. The van der Waals surface area contributed by atoms with E-state index in [1.807, 2.05) is 4.90 Å². The van der Waals surface area contributed by atoms with E-state index in [2.05, 4.69) is 13.8 Å². The van der Waals surface area contributed by atoms with E-state index in [1.54, 1.807) is 0 Å². The van der Waals surface area contributed by atoms with Crippen LogP contribution in [0.5, 0.6) is 0 Å². The number of halogens is 1. The third kappa shape index (κ3) is 3.59. The highest BCUT2D eigenvalue weighted by Gasteiger charge is 2.36. The van der Waals surface area contributed by atoms with Gasteiger partial charge in [-0.2, -0.15) is 0 Å². The van der Waals surface area contributed by atoms with Crippen molar-refractivity contribution in [3.8, 4) is 0 Å². The summed E-state index contributed by atoms with van der Waals surface area (Å²) < 4.78 is 5.31. The van der Waals surface area contributed by atoms with Gasteiger partial charge in [0.1, 0.15) is 0 Å². The summed E-state index contributed by atoms with van der Waals surface area (Å²) in [4.78, 5) is 14.2. The number of carbonyl (C=O) groups excluding carboxylic acids is 1. The molecule has 18 heavy (non-hydrogen) atoms. The van der Waals surface area contributed by atoms with Crippen molar-refractivity contribution in [2.45, 2.75) is 39.2 Å². The van der Waals surface area contributed by atoms with Gasteiger partial charge >= 0.3 is 0 Å². The predicted molar refractivity (Wildman–Crippen MR) is 73.7 cm³/mol. The lowest BCUT2D eigenvalue weighted by Gasteiger charge is -2.30. The molecule has 4 nitrogen and oxygen atoms in total. The Kier molecular flexibility index (Phi) is 5.44. The SMILES string of the molecule is CC1(C)CCN(C(=O)C(N)C2CCOCC2)C1.Cl. The molecule has 1 unspecified atom stereocenters. The Labute approximate surface area is 116 Å². The van der Waals surface area contributed by atoms with Crippen LogP contribution < -0.4 is 5.73 Å². The first kappa shape index (κ1) is 15.7. The molecule has 1 amide bonds. The van der Waals surface area contributed by atoms with Crippen molar-refractivity contribution in [2.75, 3.05) is 26.3 Å². The highest BCUT2D eigenvalue weighted by Crippen LogP contribution is 2.30. The van der Waals surface area contributed by atoms with E-state index in [4.69, 9.17) is 10.5 Å². The van der Waals surface area contributed by atoms with Crippen molar-refractivity contribution in [1.29, 1.82) is 0 Å². The monoisotopic (exact) mass is 276 g/mol. The zero-order valence-corrected chi connectivity index (χ0v) is 12.2. The summed E-state index contributed by atoms with van der Waals surface area (Å²) in [5.74, 6) is 0.447. The summed E-state index contributed by atoms with van der Waals surface area (Å²) in [5, 5.41) is 0. The van der Waals surface area contributed by atoms with Crippen LogP contribution in [0.25, 0.3) is 0 Å². The van der Waals surface area contributed by atoms with E-state index >= 15 is 0 Å². The van der Waals surface area contributed by atoms with Crippen LogP contribution in [0.4, 0.5) is 0 Å². The van der Waals surface area contributed by atoms with Gasteiger partial charge in [-0.25, -0.2) is 0 Å². The maximum absolute atomic E-state index is 12.3. The fourth-order valence-electron chi connectivity index (χ4n) is 2.79. The van der Waals surface area contributed by atoms with Gasteiger partial charge in [0.15, 0.2) is 0 Å². The Morgan fingerprint density at radius 1 is 1.39 bits per heavy atom. The molecular weight excluding hydrogens is 252 g/mol. The van der Waals surface area contributed by atoms with E-state index in [9.17, 15) is 4.79 Å². The summed E-state index contributed by atoms with van der Waals surface area (Å²) in [6.45, 7) is 7.63. The molecule has 0 aromatic heterocycles. The van der Waals surface area contributed by atoms with Gasteiger partial charge in [-0.05, 0) is 30.6 Å². The van der Waals surface area contributed by atoms with Crippen LogP contribution in [0.3, 0.4) is 0 Å². The van der Waals surface area contributed by atoms with Crippen molar-refractivity contribution < 1.29 is 9.53 Å². The van der Waals surface area contributed by atoms with Gasteiger partial charge in [-0.3, -0.25) is 4.79 Å². The number of nitrogens with two attached hydrogens (primary N) is 1. The Balaban J connectivity index is 0.00000162. The van der Waals surface area contributed by atoms with Gasteiger partial charge in [-0.15, -0.1) is 12.4 Å². The molecule has 2 heterocycles. The molecule has 0 bridgehead atoms. The third-order valence-corrected chi connectivity index (χ3v) is 4.05. The number of hydrogen-bond acceptors (Lipinski definition) is 3. The van der Waals surface area contributed by atoms with Crippen molar-refractivity contribution in [3.63, 3.8) is 0 Å². The molecule has 0 aromatic carbocycles. The average molecular weight is 277 g/mol. The Bertz CT molecular complexity index is 291. The van der Waals surface area contributed by atoms with Crippen molar-refractivity contribution in [3.05, 3.63) is 0 Å². The second-order valence-corrected chi connectivity index (χ2v) is 6.15. The minimum Gasteiger partial charge on any atom is -0.381 e. The molecule has 0 aromatic rings. The quantitative estimate of drug-likeness (QED) is 0.830. The molecule has 106 valence electrons. The van der Waals surface area contributed by atoms with Gasteiger partial charge in [0.25, 0.3) is 0 Å². The summed E-state index contributed by atoms with van der Waals surface area (Å²) in [6, 6.07) is -0.326. The Morgan fingerprint density at radius 3 is 2.50 bits per heavy atom.